The molecule has 3 rings (SSSR count). The van der Waals surface area contributed by atoms with E-state index in [1.165, 1.54) is 11.1 Å². The van der Waals surface area contributed by atoms with Crippen LogP contribution in [0.4, 0.5) is 0 Å². The normalized spacial score (nSPS) is 17.8. The second-order valence-electron chi connectivity index (χ2n) is 8.36. The monoisotopic (exact) mass is 428 g/mol. The van der Waals surface area contributed by atoms with E-state index < -0.39 is 0 Å². The van der Waals surface area contributed by atoms with E-state index in [1.807, 2.05) is 17.9 Å². The van der Waals surface area contributed by atoms with Crippen molar-refractivity contribution >= 4 is 17.8 Å². The van der Waals surface area contributed by atoms with E-state index in [2.05, 4.69) is 38.7 Å². The third-order valence-corrected chi connectivity index (χ3v) is 5.95. The van der Waals surface area contributed by atoms with Crippen LogP contribution in [0.3, 0.4) is 0 Å². The molecule has 1 saturated heterocycles. The molecule has 1 fully saturated rings. The van der Waals surface area contributed by atoms with Gasteiger partial charge in [0.15, 0.2) is 5.96 Å². The second kappa shape index (κ2) is 11.7. The van der Waals surface area contributed by atoms with Crippen LogP contribution >= 0.6 is 0 Å². The molecule has 1 aromatic rings. The van der Waals surface area contributed by atoms with Gasteiger partial charge in [-0.3, -0.25) is 19.5 Å². The van der Waals surface area contributed by atoms with Gasteiger partial charge in [0, 0.05) is 51.7 Å². The van der Waals surface area contributed by atoms with E-state index in [0.717, 1.165) is 64.4 Å². The highest BCUT2D eigenvalue weighted by atomic mass is 16.2. The van der Waals surface area contributed by atoms with Crippen molar-refractivity contribution in [2.75, 3.05) is 39.3 Å². The SMILES string of the molecule is CCNC(=NCCCC(=O)N1CCc2ccccc2C1)NC1CCN(CC(N)=O)CC1. The maximum absolute atomic E-state index is 12.6. The largest absolute Gasteiger partial charge is 0.369 e. The van der Waals surface area contributed by atoms with Crippen LogP contribution in [-0.2, 0) is 22.6 Å². The van der Waals surface area contributed by atoms with E-state index in [9.17, 15) is 9.59 Å². The highest BCUT2D eigenvalue weighted by Crippen LogP contribution is 2.19. The van der Waals surface area contributed by atoms with Crippen molar-refractivity contribution in [1.29, 1.82) is 0 Å². The number of nitrogens with one attached hydrogen (secondary N) is 2. The third kappa shape index (κ3) is 7.24. The number of piperidine rings is 1. The zero-order valence-corrected chi connectivity index (χ0v) is 18.6. The Morgan fingerprint density at radius 1 is 1.16 bits per heavy atom. The first-order chi connectivity index (χ1) is 15.0. The van der Waals surface area contributed by atoms with Crippen molar-refractivity contribution < 1.29 is 9.59 Å². The van der Waals surface area contributed by atoms with E-state index in [1.54, 1.807) is 0 Å². The number of nitrogens with zero attached hydrogens (tertiary/aromatic N) is 3. The summed E-state index contributed by atoms with van der Waals surface area (Å²) >= 11 is 0. The minimum Gasteiger partial charge on any atom is -0.369 e. The lowest BCUT2D eigenvalue weighted by Gasteiger charge is -2.32. The molecule has 8 nitrogen and oxygen atoms in total. The molecule has 2 heterocycles. The Morgan fingerprint density at radius 3 is 2.61 bits per heavy atom. The average molecular weight is 429 g/mol. The standard InChI is InChI=1S/C23H36N6O2/c1-2-25-23(27-20-10-13-28(14-11-20)17-21(24)30)26-12-5-8-22(31)29-15-9-18-6-3-4-7-19(18)16-29/h3-4,6-7,20H,2,5,8-17H2,1H3,(H2,24,30)(H2,25,26,27). The molecule has 0 saturated carbocycles. The number of benzene rings is 1. The number of likely N-dealkylation sites (tertiary alicyclic amines) is 1. The van der Waals surface area contributed by atoms with Gasteiger partial charge in [-0.2, -0.15) is 0 Å². The summed E-state index contributed by atoms with van der Waals surface area (Å²) in [5.74, 6) is 0.740. The lowest BCUT2D eigenvalue weighted by Crippen LogP contribution is -2.49. The minimum atomic E-state index is -0.274. The molecule has 0 bridgehead atoms. The molecule has 0 aliphatic carbocycles. The summed E-state index contributed by atoms with van der Waals surface area (Å²) in [4.78, 5) is 32.4. The number of nitrogens with two attached hydrogens (primary N) is 1. The van der Waals surface area contributed by atoms with Gasteiger partial charge < -0.3 is 21.3 Å². The number of guanidine groups is 1. The fraction of sp³-hybridized carbons (Fsp3) is 0.609. The summed E-state index contributed by atoms with van der Waals surface area (Å²) in [7, 11) is 0. The van der Waals surface area contributed by atoms with Gasteiger partial charge in [0.25, 0.3) is 0 Å². The van der Waals surface area contributed by atoms with Gasteiger partial charge in [-0.05, 0) is 43.7 Å². The molecule has 2 aliphatic rings. The number of hydrogen-bond acceptors (Lipinski definition) is 4. The van der Waals surface area contributed by atoms with Crippen LogP contribution in [0.2, 0.25) is 0 Å². The summed E-state index contributed by atoms with van der Waals surface area (Å²) in [6.07, 6.45) is 4.10. The Hall–Kier alpha value is -2.61. The Balaban J connectivity index is 1.40. The molecule has 8 heteroatoms. The number of amides is 2. The molecule has 1 aromatic carbocycles. The summed E-state index contributed by atoms with van der Waals surface area (Å²) in [5, 5.41) is 6.79. The molecule has 0 unspecified atom stereocenters. The first kappa shape index (κ1) is 23.1. The molecule has 0 atom stereocenters. The van der Waals surface area contributed by atoms with Crippen LogP contribution in [0.5, 0.6) is 0 Å². The Kier molecular flexibility index (Phi) is 8.70. The van der Waals surface area contributed by atoms with Crippen molar-refractivity contribution in [2.45, 2.75) is 51.6 Å². The van der Waals surface area contributed by atoms with Gasteiger partial charge in [-0.1, -0.05) is 24.3 Å². The number of hydrogen-bond donors (Lipinski definition) is 3. The molecule has 4 N–H and O–H groups in total. The first-order valence-electron chi connectivity index (χ1n) is 11.4. The molecule has 0 radical (unpaired) electrons. The minimum absolute atomic E-state index is 0.212. The molecular formula is C23H36N6O2. The average Bonchev–Trinajstić information content (AvgIpc) is 2.77. The lowest BCUT2D eigenvalue weighted by molar-refractivity contribution is -0.132. The molecular weight excluding hydrogens is 392 g/mol. The van der Waals surface area contributed by atoms with Gasteiger partial charge in [-0.15, -0.1) is 0 Å². The van der Waals surface area contributed by atoms with Crippen molar-refractivity contribution in [3.8, 4) is 0 Å². The van der Waals surface area contributed by atoms with Crippen LogP contribution in [0, 0.1) is 0 Å². The van der Waals surface area contributed by atoms with Crippen LogP contribution in [0.15, 0.2) is 29.3 Å². The fourth-order valence-corrected chi connectivity index (χ4v) is 4.26. The van der Waals surface area contributed by atoms with Gasteiger partial charge in [0.05, 0.1) is 6.54 Å². The van der Waals surface area contributed by atoms with E-state index in [-0.39, 0.29) is 11.8 Å². The maximum atomic E-state index is 12.6. The van der Waals surface area contributed by atoms with Gasteiger partial charge in [0.2, 0.25) is 11.8 Å². The predicted octanol–water partition coefficient (Wildman–Crippen LogP) is 0.856. The fourth-order valence-electron chi connectivity index (χ4n) is 4.26. The number of fused-ring (bicyclic) bond motifs is 1. The van der Waals surface area contributed by atoms with Gasteiger partial charge >= 0.3 is 0 Å². The predicted molar refractivity (Wildman–Crippen MR) is 123 cm³/mol. The number of carbonyl (C=O) groups is 2. The van der Waals surface area contributed by atoms with Crippen LogP contribution in [0.1, 0.15) is 43.7 Å². The summed E-state index contributed by atoms with van der Waals surface area (Å²) in [6, 6.07) is 8.71. The first-order valence-corrected chi connectivity index (χ1v) is 11.4. The Morgan fingerprint density at radius 2 is 1.90 bits per heavy atom. The Bertz CT molecular complexity index is 773. The number of carbonyl (C=O) groups excluding carboxylic acids is 2. The van der Waals surface area contributed by atoms with Crippen LogP contribution in [-0.4, -0.2) is 72.9 Å². The molecule has 0 spiro atoms. The zero-order chi connectivity index (χ0) is 22.1. The maximum Gasteiger partial charge on any atom is 0.231 e. The summed E-state index contributed by atoms with van der Waals surface area (Å²) < 4.78 is 0. The van der Waals surface area contributed by atoms with Crippen molar-refractivity contribution in [2.24, 2.45) is 10.7 Å². The van der Waals surface area contributed by atoms with E-state index in [0.29, 0.717) is 25.6 Å². The van der Waals surface area contributed by atoms with Gasteiger partial charge in [0.1, 0.15) is 0 Å². The third-order valence-electron chi connectivity index (χ3n) is 5.95. The highest BCUT2D eigenvalue weighted by Gasteiger charge is 2.21. The molecule has 0 aromatic heterocycles. The van der Waals surface area contributed by atoms with Crippen molar-refractivity contribution in [3.63, 3.8) is 0 Å². The van der Waals surface area contributed by atoms with Crippen LogP contribution < -0.4 is 16.4 Å². The molecule has 2 aliphatic heterocycles. The van der Waals surface area contributed by atoms with Crippen molar-refractivity contribution in [1.82, 2.24) is 20.4 Å². The smallest absolute Gasteiger partial charge is 0.231 e. The summed E-state index contributed by atoms with van der Waals surface area (Å²) in [6.45, 7) is 7.02. The van der Waals surface area contributed by atoms with E-state index >= 15 is 0 Å². The summed E-state index contributed by atoms with van der Waals surface area (Å²) in [5.41, 5.74) is 7.91. The zero-order valence-electron chi connectivity index (χ0n) is 18.6. The molecule has 31 heavy (non-hydrogen) atoms. The van der Waals surface area contributed by atoms with Crippen molar-refractivity contribution in [3.05, 3.63) is 35.4 Å². The Labute approximate surface area is 185 Å². The number of rotatable bonds is 8. The van der Waals surface area contributed by atoms with Gasteiger partial charge in [-0.25, -0.2) is 0 Å². The topological polar surface area (TPSA) is 103 Å². The second-order valence-corrected chi connectivity index (χ2v) is 8.36. The van der Waals surface area contributed by atoms with E-state index in [4.69, 9.17) is 5.73 Å². The van der Waals surface area contributed by atoms with Crippen LogP contribution in [0.25, 0.3) is 0 Å². The lowest BCUT2D eigenvalue weighted by atomic mass is 9.99. The quantitative estimate of drug-likeness (QED) is 0.324. The molecule has 170 valence electrons. The highest BCUT2D eigenvalue weighted by molar-refractivity contribution is 5.80. The molecule has 2 amide bonds. The number of primary amides is 1. The number of aliphatic imine (C=N–C) groups is 1.